The average molecular weight is 158 g/mol. The fourth-order valence-electron chi connectivity index (χ4n) is 0.857. The number of hydrogen-bond donors (Lipinski definition) is 0. The third kappa shape index (κ3) is 5.22. The highest BCUT2D eigenvalue weighted by atomic mass is 16.5. The molecule has 0 aliphatic heterocycles. The molecule has 0 bridgehead atoms. The second-order valence-corrected chi connectivity index (χ2v) is 3.04. The van der Waals surface area contributed by atoms with Crippen molar-refractivity contribution >= 4 is 0 Å². The Morgan fingerprint density at radius 1 is 1.18 bits per heavy atom. The highest BCUT2D eigenvalue weighted by Gasteiger charge is 2.21. The molecule has 0 N–H and O–H groups in total. The van der Waals surface area contributed by atoms with E-state index in [0.29, 0.717) is 6.10 Å². The summed E-state index contributed by atoms with van der Waals surface area (Å²) in [5.74, 6) is 0. The summed E-state index contributed by atoms with van der Waals surface area (Å²) < 4.78 is 10.7. The standard InChI is InChI=1S/C9H18O2/c1-2-3-6-10-7-8-11-9-4-5-9/h9H,2-8H2,1H3. The Bertz CT molecular complexity index is 89.6. The van der Waals surface area contributed by atoms with Crippen LogP contribution in [0.2, 0.25) is 0 Å². The fourth-order valence-corrected chi connectivity index (χ4v) is 0.857. The Hall–Kier alpha value is -0.0800. The van der Waals surface area contributed by atoms with E-state index in [0.717, 1.165) is 19.8 Å². The first kappa shape index (κ1) is 9.01. The summed E-state index contributed by atoms with van der Waals surface area (Å²) in [6, 6.07) is 0. The summed E-state index contributed by atoms with van der Waals surface area (Å²) >= 11 is 0. The minimum atomic E-state index is 0.574. The number of ether oxygens (including phenoxy) is 2. The van der Waals surface area contributed by atoms with Gasteiger partial charge in [0.15, 0.2) is 0 Å². The van der Waals surface area contributed by atoms with E-state index in [1.165, 1.54) is 25.7 Å². The topological polar surface area (TPSA) is 18.5 Å². The minimum absolute atomic E-state index is 0.574. The lowest BCUT2D eigenvalue weighted by Crippen LogP contribution is -2.05. The third-order valence-corrected chi connectivity index (χ3v) is 1.75. The Morgan fingerprint density at radius 3 is 2.64 bits per heavy atom. The van der Waals surface area contributed by atoms with Crippen LogP contribution in [0.1, 0.15) is 32.6 Å². The summed E-state index contributed by atoms with van der Waals surface area (Å²) in [6.45, 7) is 4.62. The van der Waals surface area contributed by atoms with Gasteiger partial charge in [0, 0.05) is 6.61 Å². The SMILES string of the molecule is CCCCOCCOC1CC1. The maximum Gasteiger partial charge on any atom is 0.0704 e. The van der Waals surface area contributed by atoms with Gasteiger partial charge in [0.25, 0.3) is 0 Å². The van der Waals surface area contributed by atoms with Crippen molar-refractivity contribution in [2.75, 3.05) is 19.8 Å². The van der Waals surface area contributed by atoms with Crippen molar-refractivity contribution in [1.29, 1.82) is 0 Å². The first-order chi connectivity index (χ1) is 5.43. The molecule has 0 amide bonds. The van der Waals surface area contributed by atoms with E-state index in [-0.39, 0.29) is 0 Å². The third-order valence-electron chi connectivity index (χ3n) is 1.75. The van der Waals surface area contributed by atoms with Crippen LogP contribution in [-0.4, -0.2) is 25.9 Å². The monoisotopic (exact) mass is 158 g/mol. The molecule has 1 aliphatic rings. The quantitative estimate of drug-likeness (QED) is 0.527. The molecule has 66 valence electrons. The van der Waals surface area contributed by atoms with Gasteiger partial charge < -0.3 is 9.47 Å². The average Bonchev–Trinajstić information content (AvgIpc) is 2.80. The molecule has 2 nitrogen and oxygen atoms in total. The molecule has 0 radical (unpaired) electrons. The smallest absolute Gasteiger partial charge is 0.0704 e. The van der Waals surface area contributed by atoms with E-state index in [2.05, 4.69) is 6.92 Å². The van der Waals surface area contributed by atoms with Crippen molar-refractivity contribution in [2.45, 2.75) is 38.7 Å². The predicted octanol–water partition coefficient (Wildman–Crippen LogP) is 1.98. The van der Waals surface area contributed by atoms with E-state index in [4.69, 9.17) is 9.47 Å². The highest BCUT2D eigenvalue weighted by Crippen LogP contribution is 2.22. The molecule has 1 saturated carbocycles. The van der Waals surface area contributed by atoms with Crippen molar-refractivity contribution in [2.24, 2.45) is 0 Å². The lowest BCUT2D eigenvalue weighted by molar-refractivity contribution is 0.0393. The molecule has 0 atom stereocenters. The van der Waals surface area contributed by atoms with Gasteiger partial charge in [0.05, 0.1) is 19.3 Å². The molecule has 0 aromatic carbocycles. The van der Waals surface area contributed by atoms with E-state index < -0.39 is 0 Å². The van der Waals surface area contributed by atoms with Gasteiger partial charge in [-0.25, -0.2) is 0 Å². The number of hydrogen-bond acceptors (Lipinski definition) is 2. The van der Waals surface area contributed by atoms with Gasteiger partial charge in [-0.3, -0.25) is 0 Å². The molecule has 2 heteroatoms. The number of rotatable bonds is 7. The van der Waals surface area contributed by atoms with Gasteiger partial charge in [0.1, 0.15) is 0 Å². The predicted molar refractivity (Wildman–Crippen MR) is 44.7 cm³/mol. The van der Waals surface area contributed by atoms with Gasteiger partial charge in [-0.2, -0.15) is 0 Å². The molecule has 0 spiro atoms. The maximum absolute atomic E-state index is 5.41. The van der Waals surface area contributed by atoms with Gasteiger partial charge >= 0.3 is 0 Å². The van der Waals surface area contributed by atoms with Crippen LogP contribution in [0.3, 0.4) is 0 Å². The lowest BCUT2D eigenvalue weighted by Gasteiger charge is -2.02. The zero-order valence-electron chi connectivity index (χ0n) is 7.34. The largest absolute Gasteiger partial charge is 0.379 e. The first-order valence-corrected chi connectivity index (χ1v) is 4.63. The summed E-state index contributed by atoms with van der Waals surface area (Å²) in [5.41, 5.74) is 0. The van der Waals surface area contributed by atoms with Gasteiger partial charge in [-0.15, -0.1) is 0 Å². The molecular weight excluding hydrogens is 140 g/mol. The Labute approximate surface area is 68.9 Å². The molecule has 0 aromatic heterocycles. The zero-order chi connectivity index (χ0) is 7.94. The summed E-state index contributed by atoms with van der Waals surface area (Å²) in [4.78, 5) is 0. The van der Waals surface area contributed by atoms with Crippen LogP contribution in [0.15, 0.2) is 0 Å². The maximum atomic E-state index is 5.41. The molecular formula is C9H18O2. The van der Waals surface area contributed by atoms with Crippen LogP contribution in [0.5, 0.6) is 0 Å². The zero-order valence-corrected chi connectivity index (χ0v) is 7.34. The molecule has 0 aromatic rings. The van der Waals surface area contributed by atoms with E-state index in [9.17, 15) is 0 Å². The molecule has 0 saturated heterocycles. The normalized spacial score (nSPS) is 17.2. The first-order valence-electron chi connectivity index (χ1n) is 4.63. The molecule has 1 rings (SSSR count). The van der Waals surface area contributed by atoms with Crippen molar-refractivity contribution in [1.82, 2.24) is 0 Å². The van der Waals surface area contributed by atoms with Crippen LogP contribution in [0.25, 0.3) is 0 Å². The highest BCUT2D eigenvalue weighted by molar-refractivity contribution is 4.72. The van der Waals surface area contributed by atoms with Crippen molar-refractivity contribution < 1.29 is 9.47 Å². The van der Waals surface area contributed by atoms with Gasteiger partial charge in [-0.1, -0.05) is 13.3 Å². The summed E-state index contributed by atoms with van der Waals surface area (Å²) in [6.07, 6.45) is 5.47. The van der Waals surface area contributed by atoms with Crippen LogP contribution in [0, 0.1) is 0 Å². The minimum Gasteiger partial charge on any atom is -0.379 e. The molecule has 0 heterocycles. The number of unbranched alkanes of at least 4 members (excludes halogenated alkanes) is 1. The Morgan fingerprint density at radius 2 is 2.00 bits per heavy atom. The molecule has 11 heavy (non-hydrogen) atoms. The van der Waals surface area contributed by atoms with Crippen molar-refractivity contribution in [3.8, 4) is 0 Å². The summed E-state index contributed by atoms with van der Waals surface area (Å²) in [5, 5.41) is 0. The molecule has 1 fully saturated rings. The second kappa shape index (κ2) is 5.56. The van der Waals surface area contributed by atoms with Gasteiger partial charge in [0.2, 0.25) is 0 Å². The van der Waals surface area contributed by atoms with Crippen LogP contribution < -0.4 is 0 Å². The van der Waals surface area contributed by atoms with Crippen LogP contribution >= 0.6 is 0 Å². The fraction of sp³-hybridized carbons (Fsp3) is 1.00. The van der Waals surface area contributed by atoms with E-state index in [1.54, 1.807) is 0 Å². The second-order valence-electron chi connectivity index (χ2n) is 3.04. The molecule has 1 aliphatic carbocycles. The van der Waals surface area contributed by atoms with Crippen LogP contribution in [-0.2, 0) is 9.47 Å². The van der Waals surface area contributed by atoms with E-state index >= 15 is 0 Å². The lowest BCUT2D eigenvalue weighted by atomic mass is 10.4. The molecule has 0 unspecified atom stereocenters. The van der Waals surface area contributed by atoms with Crippen LogP contribution in [0.4, 0.5) is 0 Å². The Kier molecular flexibility index (Phi) is 4.55. The van der Waals surface area contributed by atoms with Crippen molar-refractivity contribution in [3.05, 3.63) is 0 Å². The van der Waals surface area contributed by atoms with Gasteiger partial charge in [-0.05, 0) is 19.3 Å². The summed E-state index contributed by atoms with van der Waals surface area (Å²) in [7, 11) is 0. The van der Waals surface area contributed by atoms with E-state index in [1.807, 2.05) is 0 Å². The van der Waals surface area contributed by atoms with Crippen molar-refractivity contribution in [3.63, 3.8) is 0 Å². The Balaban J connectivity index is 1.66.